The molecule has 0 bridgehead atoms. The molecule has 0 N–H and O–H groups in total. The van der Waals surface area contributed by atoms with Gasteiger partial charge in [-0.3, -0.25) is 0 Å². The van der Waals surface area contributed by atoms with E-state index in [1.807, 2.05) is 17.5 Å². The molecule has 1 aromatic carbocycles. The first-order valence-corrected chi connectivity index (χ1v) is 8.01. The molecule has 0 spiro atoms. The van der Waals surface area contributed by atoms with Gasteiger partial charge in [0, 0.05) is 16.2 Å². The van der Waals surface area contributed by atoms with Crippen molar-refractivity contribution in [3.63, 3.8) is 0 Å². The van der Waals surface area contributed by atoms with E-state index in [2.05, 4.69) is 26.1 Å². The monoisotopic (exact) mass is 380 g/mol. The SMILES string of the molecule is [O-][n+]1nc2c(Br)c(-c3cccs3)nn2c2cc(Cl)ccc21. The zero-order chi connectivity index (χ0) is 14.6. The molecule has 0 aliphatic heterocycles. The summed E-state index contributed by atoms with van der Waals surface area (Å²) in [5, 5.41) is 23.2. The van der Waals surface area contributed by atoms with Gasteiger partial charge in [0.05, 0.1) is 9.35 Å². The van der Waals surface area contributed by atoms with E-state index in [4.69, 9.17) is 11.6 Å². The molecule has 0 unspecified atom stereocenters. The number of hydrogen-bond acceptors (Lipinski definition) is 4. The van der Waals surface area contributed by atoms with Crippen molar-refractivity contribution in [3.05, 3.63) is 50.4 Å². The third kappa shape index (κ3) is 1.92. The van der Waals surface area contributed by atoms with Crippen molar-refractivity contribution >= 4 is 55.5 Å². The molecule has 0 aliphatic carbocycles. The van der Waals surface area contributed by atoms with Crippen LogP contribution in [0.2, 0.25) is 5.02 Å². The highest BCUT2D eigenvalue weighted by atomic mass is 79.9. The first kappa shape index (κ1) is 13.0. The van der Waals surface area contributed by atoms with Crippen molar-refractivity contribution < 1.29 is 4.85 Å². The van der Waals surface area contributed by atoms with Crippen LogP contribution in [0.25, 0.3) is 27.3 Å². The molecule has 5 nitrogen and oxygen atoms in total. The summed E-state index contributed by atoms with van der Waals surface area (Å²) in [4.78, 5) is 1.59. The maximum absolute atomic E-state index is 12.1. The summed E-state index contributed by atoms with van der Waals surface area (Å²) < 4.78 is 2.32. The Morgan fingerprint density at radius 1 is 1.33 bits per heavy atom. The van der Waals surface area contributed by atoms with Crippen LogP contribution in [0.15, 0.2) is 40.2 Å². The van der Waals surface area contributed by atoms with Crippen LogP contribution in [0.3, 0.4) is 0 Å². The highest BCUT2D eigenvalue weighted by molar-refractivity contribution is 9.10. The number of nitrogens with zero attached hydrogens (tertiary/aromatic N) is 4. The third-order valence-corrected chi connectivity index (χ3v) is 4.96. The molecule has 4 rings (SSSR count). The Balaban J connectivity index is 2.17. The Bertz CT molecular complexity index is 983. The van der Waals surface area contributed by atoms with Crippen molar-refractivity contribution in [3.8, 4) is 10.6 Å². The zero-order valence-corrected chi connectivity index (χ0v) is 13.5. The molecule has 104 valence electrons. The molecule has 0 amide bonds. The first-order valence-electron chi connectivity index (χ1n) is 5.96. The van der Waals surface area contributed by atoms with Gasteiger partial charge in [0.25, 0.3) is 5.52 Å². The summed E-state index contributed by atoms with van der Waals surface area (Å²) >= 11 is 11.1. The summed E-state index contributed by atoms with van der Waals surface area (Å²) in [6, 6.07) is 8.92. The van der Waals surface area contributed by atoms with E-state index in [0.717, 1.165) is 10.6 Å². The summed E-state index contributed by atoms with van der Waals surface area (Å²) in [6.07, 6.45) is 0. The van der Waals surface area contributed by atoms with Crippen molar-refractivity contribution in [1.29, 1.82) is 0 Å². The summed E-state index contributed by atoms with van der Waals surface area (Å²) in [6.45, 7) is 0. The Morgan fingerprint density at radius 2 is 2.19 bits per heavy atom. The lowest BCUT2D eigenvalue weighted by molar-refractivity contribution is -0.640. The molecule has 3 aromatic heterocycles. The second-order valence-corrected chi connectivity index (χ2v) is 6.56. The zero-order valence-electron chi connectivity index (χ0n) is 10.3. The molecular formula is C13H6BrClN4OS. The number of thiophene rings is 1. The number of hydrogen-bond donors (Lipinski definition) is 0. The highest BCUT2D eigenvalue weighted by Crippen LogP contribution is 2.33. The Kier molecular flexibility index (Phi) is 2.88. The van der Waals surface area contributed by atoms with E-state index in [1.54, 1.807) is 34.1 Å². The lowest BCUT2D eigenvalue weighted by atomic mass is 10.3. The Morgan fingerprint density at radius 3 is 2.95 bits per heavy atom. The van der Waals surface area contributed by atoms with Crippen LogP contribution in [0.1, 0.15) is 0 Å². The lowest BCUT2D eigenvalue weighted by Crippen LogP contribution is -2.33. The molecule has 0 fully saturated rings. The average molecular weight is 382 g/mol. The van der Waals surface area contributed by atoms with Gasteiger partial charge >= 0.3 is 0 Å². The molecular weight excluding hydrogens is 376 g/mol. The van der Waals surface area contributed by atoms with E-state index in [-0.39, 0.29) is 0 Å². The fourth-order valence-corrected chi connectivity index (χ4v) is 3.74. The molecule has 0 atom stereocenters. The van der Waals surface area contributed by atoms with Gasteiger partial charge in [-0.25, -0.2) is 4.52 Å². The predicted molar refractivity (Wildman–Crippen MR) is 85.5 cm³/mol. The van der Waals surface area contributed by atoms with Crippen LogP contribution in [0, 0.1) is 5.21 Å². The molecule has 4 aromatic rings. The van der Waals surface area contributed by atoms with Crippen molar-refractivity contribution in [2.24, 2.45) is 0 Å². The standard InChI is InChI=1S/C13H6BrClN4OS/c14-11-12(10-2-1-5-21-10)16-18-9-6-7(15)3-4-8(9)19(20)17-13(11)18/h1-6H. The maximum Gasteiger partial charge on any atom is 0.270 e. The molecule has 0 aliphatic rings. The Hall–Kier alpha value is -1.70. The van der Waals surface area contributed by atoms with Gasteiger partial charge in [-0.1, -0.05) is 17.7 Å². The van der Waals surface area contributed by atoms with Crippen LogP contribution in [0.5, 0.6) is 0 Å². The van der Waals surface area contributed by atoms with Gasteiger partial charge in [-0.2, -0.15) is 5.10 Å². The summed E-state index contributed by atoms with van der Waals surface area (Å²) in [7, 11) is 0. The third-order valence-electron chi connectivity index (χ3n) is 3.12. The lowest BCUT2D eigenvalue weighted by Gasteiger charge is -2.01. The van der Waals surface area contributed by atoms with E-state index in [1.165, 1.54) is 0 Å². The van der Waals surface area contributed by atoms with Crippen molar-refractivity contribution in [1.82, 2.24) is 14.7 Å². The fraction of sp³-hybridized carbons (Fsp3) is 0. The van der Waals surface area contributed by atoms with Crippen LogP contribution in [-0.2, 0) is 0 Å². The van der Waals surface area contributed by atoms with Crippen LogP contribution in [-0.4, -0.2) is 14.7 Å². The second-order valence-electron chi connectivity index (χ2n) is 4.38. The molecule has 3 heterocycles. The average Bonchev–Trinajstić information content (AvgIpc) is 3.08. The maximum atomic E-state index is 12.1. The first-order chi connectivity index (χ1) is 10.1. The minimum atomic E-state index is 0.416. The molecule has 8 heteroatoms. The number of halogens is 2. The minimum absolute atomic E-state index is 0.416. The fourth-order valence-electron chi connectivity index (χ4n) is 2.18. The summed E-state index contributed by atoms with van der Waals surface area (Å²) in [5.74, 6) is 0. The van der Waals surface area contributed by atoms with E-state index in [9.17, 15) is 5.21 Å². The van der Waals surface area contributed by atoms with E-state index < -0.39 is 0 Å². The predicted octanol–water partition coefficient (Wildman–Crippen LogP) is 3.66. The minimum Gasteiger partial charge on any atom is -0.594 e. The van der Waals surface area contributed by atoms with Gasteiger partial charge in [0.2, 0.25) is 5.65 Å². The normalized spacial score (nSPS) is 11.5. The highest BCUT2D eigenvalue weighted by Gasteiger charge is 2.20. The largest absolute Gasteiger partial charge is 0.594 e. The molecule has 0 saturated carbocycles. The summed E-state index contributed by atoms with van der Waals surface area (Å²) in [5.41, 5.74) is 2.25. The van der Waals surface area contributed by atoms with E-state index in [0.29, 0.717) is 31.0 Å². The van der Waals surface area contributed by atoms with Gasteiger partial charge in [0.1, 0.15) is 11.2 Å². The number of benzene rings is 1. The number of fused-ring (bicyclic) bond motifs is 3. The topological polar surface area (TPSA) is 57.1 Å². The van der Waals surface area contributed by atoms with E-state index >= 15 is 0 Å². The van der Waals surface area contributed by atoms with Gasteiger partial charge < -0.3 is 5.21 Å². The van der Waals surface area contributed by atoms with Crippen LogP contribution >= 0.6 is 38.9 Å². The quantitative estimate of drug-likeness (QED) is 0.373. The smallest absolute Gasteiger partial charge is 0.270 e. The van der Waals surface area contributed by atoms with Crippen LogP contribution in [0.4, 0.5) is 0 Å². The van der Waals surface area contributed by atoms with Gasteiger partial charge in [-0.15, -0.1) is 11.3 Å². The molecule has 0 saturated heterocycles. The molecule has 0 radical (unpaired) electrons. The number of aromatic nitrogens is 4. The number of rotatable bonds is 1. The van der Waals surface area contributed by atoms with Crippen molar-refractivity contribution in [2.75, 3.05) is 0 Å². The molecule has 21 heavy (non-hydrogen) atoms. The van der Waals surface area contributed by atoms with Crippen LogP contribution < -0.4 is 4.85 Å². The second kappa shape index (κ2) is 4.66. The van der Waals surface area contributed by atoms with Gasteiger partial charge in [0.15, 0.2) is 0 Å². The van der Waals surface area contributed by atoms with Crippen molar-refractivity contribution in [2.45, 2.75) is 0 Å². The van der Waals surface area contributed by atoms with Gasteiger partial charge in [-0.05, 0) is 44.4 Å². The Labute approximate surface area is 136 Å².